The number of rotatable bonds is 16. The molecule has 0 aromatic heterocycles. The van der Waals surface area contributed by atoms with Gasteiger partial charge in [-0.3, -0.25) is 14.3 Å². The van der Waals surface area contributed by atoms with E-state index >= 15 is 0 Å². The van der Waals surface area contributed by atoms with Gasteiger partial charge in [0.25, 0.3) is 5.91 Å². The van der Waals surface area contributed by atoms with E-state index in [1.54, 1.807) is 43.3 Å². The number of aliphatic hydroxyl groups excluding tert-OH is 6. The summed E-state index contributed by atoms with van der Waals surface area (Å²) >= 11 is 0. The van der Waals surface area contributed by atoms with Gasteiger partial charge in [-0.05, 0) is 60.0 Å². The van der Waals surface area contributed by atoms with E-state index in [-0.39, 0.29) is 16.9 Å². The molecule has 6 unspecified atom stereocenters. The zero-order valence-corrected chi connectivity index (χ0v) is 34.4. The second-order valence-electron chi connectivity index (χ2n) is 14.9. The Bertz CT molecular complexity index is 2310. The van der Waals surface area contributed by atoms with E-state index < -0.39 is 123 Å². The summed E-state index contributed by atoms with van der Waals surface area (Å²) in [6.07, 6.45) is -19.1. The Hall–Kier alpha value is -5.23. The van der Waals surface area contributed by atoms with Crippen LogP contribution in [0, 0.1) is 5.82 Å². The highest BCUT2D eigenvalue weighted by molar-refractivity contribution is 7.56. The Labute approximate surface area is 363 Å². The van der Waals surface area contributed by atoms with Crippen molar-refractivity contribution in [3.05, 3.63) is 125 Å². The third kappa shape index (κ3) is 10.2. The fourth-order valence-corrected chi connectivity index (χ4v) is 7.46. The second-order valence-corrected chi connectivity index (χ2v) is 16.5. The van der Waals surface area contributed by atoms with Crippen LogP contribution < -0.4 is 9.64 Å². The second kappa shape index (κ2) is 19.9. The Balaban J connectivity index is 1.41. The summed E-state index contributed by atoms with van der Waals surface area (Å²) in [5, 5.41) is 82.2. The van der Waals surface area contributed by atoms with Gasteiger partial charge < -0.3 is 74.3 Å². The standard InChI is InChI=1S/C42H45FNO19P/c1-3-20(10-9-19(2)64(56,57)58)22-13-16-25(26(17-22)60-41-33(49)29(45)31(47)36(62-41)39(52)53)28-35(38(51)44(28)24-7-5-4-6-8-24)59-18-27(21-11-14-23(43)15-12-21)61-42-34(50)30(46)32(48)37(63-42)40(54)55/h3-17,27-37,41-42,45-50H,2,18H2,1H3,(H,52,53)(H,54,55)(H2,56,57,58)/b10-9-,20-3+/t27-,28+,29?,30?,31-,32-,33?,34?,35+,36?,37?,41+,42+/m0/s1. The van der Waals surface area contributed by atoms with Crippen molar-refractivity contribution in [2.45, 2.75) is 86.6 Å². The molecular weight excluding hydrogens is 872 g/mol. The lowest BCUT2D eigenvalue weighted by Crippen LogP contribution is -2.62. The minimum absolute atomic E-state index is 0.117. The summed E-state index contributed by atoms with van der Waals surface area (Å²) < 4.78 is 54.9. The number of para-hydroxylation sites is 1. The summed E-state index contributed by atoms with van der Waals surface area (Å²) in [7, 11) is -4.72. The molecule has 64 heavy (non-hydrogen) atoms. The summed E-state index contributed by atoms with van der Waals surface area (Å²) in [6.45, 7) is 4.41. The van der Waals surface area contributed by atoms with Crippen molar-refractivity contribution in [3.63, 3.8) is 0 Å². The number of hydrogen-bond acceptors (Lipinski definition) is 15. The monoisotopic (exact) mass is 917 g/mol. The smallest absolute Gasteiger partial charge is 0.355 e. The number of aliphatic carboxylic acids is 2. The highest BCUT2D eigenvalue weighted by Gasteiger charge is 2.53. The summed E-state index contributed by atoms with van der Waals surface area (Å²) in [4.78, 5) is 58.4. The maximum absolute atomic E-state index is 14.2. The molecule has 3 heterocycles. The van der Waals surface area contributed by atoms with Crippen LogP contribution in [0.15, 0.2) is 103 Å². The van der Waals surface area contributed by atoms with Crippen molar-refractivity contribution in [2.24, 2.45) is 0 Å². The highest BCUT2D eigenvalue weighted by Crippen LogP contribution is 2.47. The van der Waals surface area contributed by atoms with E-state index in [1.807, 2.05) is 0 Å². The molecule has 1 amide bonds. The number of nitrogens with zero attached hydrogens (tertiary/aromatic N) is 1. The van der Waals surface area contributed by atoms with Crippen LogP contribution >= 0.6 is 7.60 Å². The van der Waals surface area contributed by atoms with Gasteiger partial charge in [-0.1, -0.05) is 61.2 Å². The lowest BCUT2D eigenvalue weighted by atomic mass is 9.87. The molecule has 3 aromatic carbocycles. The van der Waals surface area contributed by atoms with Crippen molar-refractivity contribution in [1.29, 1.82) is 0 Å². The number of allylic oxidation sites excluding steroid dienone is 5. The number of amides is 1. The number of carboxylic acids is 2. The molecule has 3 fully saturated rings. The molecule has 13 atom stereocenters. The molecule has 3 aromatic rings. The SMILES string of the molecule is C=C(/C=C\C(=C/C)c1ccc([C@@H]2[C@@H](OC[C@H](O[C@@H]3OC(C(=O)O)[C@@H](O)C(O)C3O)c3ccc(F)cc3)C(=O)N2c2ccccc2)c(O[C@@H]2OC(C(=O)O)[C@@H](O)C(O)C2O)c1)P(=O)(O)O. The minimum atomic E-state index is -4.72. The first-order valence-electron chi connectivity index (χ1n) is 19.4. The van der Waals surface area contributed by atoms with Gasteiger partial charge in [0.2, 0.25) is 6.29 Å². The van der Waals surface area contributed by atoms with Crippen LogP contribution in [-0.2, 0) is 37.9 Å². The van der Waals surface area contributed by atoms with Gasteiger partial charge in [0.15, 0.2) is 24.6 Å². The first kappa shape index (κ1) is 48.2. The van der Waals surface area contributed by atoms with E-state index in [0.29, 0.717) is 16.8 Å². The molecule has 0 saturated carbocycles. The number of ether oxygens (including phenoxy) is 5. The van der Waals surface area contributed by atoms with Gasteiger partial charge in [0.05, 0.1) is 11.9 Å². The van der Waals surface area contributed by atoms with Crippen LogP contribution in [0.25, 0.3) is 5.57 Å². The molecule has 10 N–H and O–H groups in total. The van der Waals surface area contributed by atoms with E-state index in [9.17, 15) is 74.0 Å². The number of benzene rings is 3. The van der Waals surface area contributed by atoms with Crippen LogP contribution in [-0.4, -0.2) is 143 Å². The fraction of sp³-hybridized carbons (Fsp3) is 0.357. The van der Waals surface area contributed by atoms with E-state index in [2.05, 4.69) is 6.58 Å². The minimum Gasteiger partial charge on any atom is -0.479 e. The molecule has 344 valence electrons. The third-order valence-corrected chi connectivity index (χ3v) is 11.6. The Morgan fingerprint density at radius 1 is 0.828 bits per heavy atom. The molecular formula is C42H45FNO19P. The van der Waals surface area contributed by atoms with Crippen LogP contribution in [0.1, 0.15) is 35.8 Å². The van der Waals surface area contributed by atoms with Gasteiger partial charge >= 0.3 is 19.5 Å². The van der Waals surface area contributed by atoms with E-state index in [0.717, 1.165) is 18.2 Å². The summed E-state index contributed by atoms with van der Waals surface area (Å²) in [5.74, 6) is -4.89. The van der Waals surface area contributed by atoms with Crippen molar-refractivity contribution in [1.82, 2.24) is 0 Å². The number of carboxylic acid groups (broad SMARTS) is 2. The first-order valence-corrected chi connectivity index (χ1v) is 21.0. The first-order chi connectivity index (χ1) is 30.2. The largest absolute Gasteiger partial charge is 0.479 e. The topological polar surface area (TPSA) is 320 Å². The predicted molar refractivity (Wildman–Crippen MR) is 216 cm³/mol. The Morgan fingerprint density at radius 3 is 1.97 bits per heavy atom. The fourth-order valence-electron chi connectivity index (χ4n) is 7.19. The number of carbonyl (C=O) groups is 3. The number of β-lactam (4-membered cyclic amide) rings is 1. The van der Waals surface area contributed by atoms with Crippen LogP contribution in [0.4, 0.5) is 10.1 Å². The molecule has 0 aliphatic carbocycles. The molecule has 0 spiro atoms. The quantitative estimate of drug-likeness (QED) is 0.0541. The lowest BCUT2D eigenvalue weighted by Gasteiger charge is -2.48. The molecule has 22 heteroatoms. The number of halogens is 1. The van der Waals surface area contributed by atoms with Crippen molar-refractivity contribution < 1.29 is 97.7 Å². The van der Waals surface area contributed by atoms with E-state index in [1.165, 1.54) is 41.3 Å². The number of carbonyl (C=O) groups excluding carboxylic acids is 1. The number of anilines is 1. The van der Waals surface area contributed by atoms with Crippen LogP contribution in [0.5, 0.6) is 5.75 Å². The van der Waals surface area contributed by atoms with Crippen LogP contribution in [0.3, 0.4) is 0 Å². The Kier molecular flexibility index (Phi) is 15.0. The summed E-state index contributed by atoms with van der Waals surface area (Å²) in [5.41, 5.74) is 1.27. The lowest BCUT2D eigenvalue weighted by molar-refractivity contribution is -0.309. The third-order valence-electron chi connectivity index (χ3n) is 10.7. The van der Waals surface area contributed by atoms with Gasteiger partial charge in [-0.25, -0.2) is 14.0 Å². The van der Waals surface area contributed by atoms with Crippen molar-refractivity contribution in [3.8, 4) is 5.75 Å². The molecule has 6 rings (SSSR count). The number of hydrogen-bond donors (Lipinski definition) is 10. The van der Waals surface area contributed by atoms with Gasteiger partial charge in [0.1, 0.15) is 60.3 Å². The highest BCUT2D eigenvalue weighted by atomic mass is 31.2. The molecule has 3 aliphatic heterocycles. The van der Waals surface area contributed by atoms with Crippen molar-refractivity contribution in [2.75, 3.05) is 11.5 Å². The maximum Gasteiger partial charge on any atom is 0.355 e. The van der Waals surface area contributed by atoms with Gasteiger partial charge in [-0.2, -0.15) is 0 Å². The van der Waals surface area contributed by atoms with E-state index in [4.69, 9.17) is 23.7 Å². The van der Waals surface area contributed by atoms with Crippen molar-refractivity contribution >= 4 is 36.7 Å². The average molecular weight is 918 g/mol. The molecule has 3 saturated heterocycles. The normalized spacial score (nSPS) is 30.4. The predicted octanol–water partition coefficient (Wildman–Crippen LogP) is 0.871. The van der Waals surface area contributed by atoms with Gasteiger partial charge in [0, 0.05) is 11.3 Å². The van der Waals surface area contributed by atoms with Crippen LogP contribution in [0.2, 0.25) is 0 Å². The number of aliphatic hydroxyl groups is 6. The zero-order chi connectivity index (χ0) is 46.8. The Morgan fingerprint density at radius 2 is 1.41 bits per heavy atom. The maximum atomic E-state index is 14.2. The molecule has 3 aliphatic rings. The van der Waals surface area contributed by atoms with Gasteiger partial charge in [-0.15, -0.1) is 0 Å². The molecule has 0 bridgehead atoms. The summed E-state index contributed by atoms with van der Waals surface area (Å²) in [6, 6.07) is 16.0. The molecule has 0 radical (unpaired) electrons. The molecule has 20 nitrogen and oxygen atoms in total. The zero-order valence-electron chi connectivity index (χ0n) is 33.5. The average Bonchev–Trinajstić information content (AvgIpc) is 3.25.